The van der Waals surface area contributed by atoms with Gasteiger partial charge in [0, 0.05) is 0 Å². The van der Waals surface area contributed by atoms with Crippen LogP contribution < -0.4 is 10.2 Å². The third kappa shape index (κ3) is 6.89. The van der Waals surface area contributed by atoms with Gasteiger partial charge in [0.2, 0.25) is 0 Å². The Bertz CT molecular complexity index is 330. The Morgan fingerprint density at radius 3 is 1.39 bits per heavy atom. The number of carbonyl (C=O) groups excluding carboxylic acids is 2. The average Bonchev–Trinajstić information content (AvgIpc) is 2.25. The predicted molar refractivity (Wildman–Crippen MR) is 65.1 cm³/mol. The van der Waals surface area contributed by atoms with Gasteiger partial charge in [0.05, 0.1) is 11.9 Å². The third-order valence-corrected chi connectivity index (χ3v) is 2.79. The summed E-state index contributed by atoms with van der Waals surface area (Å²) in [7, 11) is 0. The molecule has 0 spiro atoms. The zero-order valence-corrected chi connectivity index (χ0v) is 11.4. The standard InChI is InChI=1S/C14H22O4/c1-9(7-11(3)13(15)16)5-6-10(2)8-12(4)14(17)18/h7-10H,5-6H2,1-4H3,(H,15,16)(H,17,18)/p-2. The summed E-state index contributed by atoms with van der Waals surface area (Å²) in [6.45, 7) is 6.87. The van der Waals surface area contributed by atoms with E-state index in [1.165, 1.54) is 13.8 Å². The molecule has 18 heavy (non-hydrogen) atoms. The number of allylic oxidation sites excluding steroid dienone is 2. The predicted octanol–water partition coefficient (Wildman–Crippen LogP) is 0.431. The fraction of sp³-hybridized carbons (Fsp3) is 0.571. The Hall–Kier alpha value is -1.58. The molecule has 0 saturated heterocycles. The van der Waals surface area contributed by atoms with Gasteiger partial charge in [-0.3, -0.25) is 0 Å². The summed E-state index contributed by atoms with van der Waals surface area (Å²) in [5, 5.41) is 21.1. The highest BCUT2D eigenvalue weighted by atomic mass is 16.4. The Morgan fingerprint density at radius 1 is 0.889 bits per heavy atom. The first-order chi connectivity index (χ1) is 8.23. The SMILES string of the molecule is CC(=CC(C)CCC(C)C=C(C)C(=O)[O-])C(=O)[O-]. The molecule has 0 amide bonds. The van der Waals surface area contributed by atoms with Crippen LogP contribution in [0.3, 0.4) is 0 Å². The molecular weight excluding hydrogens is 232 g/mol. The van der Waals surface area contributed by atoms with Gasteiger partial charge < -0.3 is 19.8 Å². The van der Waals surface area contributed by atoms with Crippen molar-refractivity contribution in [2.45, 2.75) is 40.5 Å². The molecule has 4 nitrogen and oxygen atoms in total. The van der Waals surface area contributed by atoms with Gasteiger partial charge >= 0.3 is 0 Å². The van der Waals surface area contributed by atoms with Crippen LogP contribution in [0.15, 0.2) is 23.3 Å². The van der Waals surface area contributed by atoms with Crippen molar-refractivity contribution in [3.05, 3.63) is 23.3 Å². The molecule has 0 aromatic carbocycles. The second kappa shape index (κ2) is 7.69. The van der Waals surface area contributed by atoms with Gasteiger partial charge in [-0.05, 0) is 49.7 Å². The second-order valence-corrected chi connectivity index (χ2v) is 4.81. The van der Waals surface area contributed by atoms with Gasteiger partial charge in [-0.1, -0.05) is 26.0 Å². The summed E-state index contributed by atoms with van der Waals surface area (Å²) in [6.07, 6.45) is 4.92. The smallest absolute Gasteiger partial charge is 0.0668 e. The van der Waals surface area contributed by atoms with Crippen molar-refractivity contribution < 1.29 is 19.8 Å². The van der Waals surface area contributed by atoms with Gasteiger partial charge in [-0.15, -0.1) is 0 Å². The van der Waals surface area contributed by atoms with Crippen LogP contribution in [-0.4, -0.2) is 11.9 Å². The number of carboxylic acids is 2. The molecule has 2 atom stereocenters. The van der Waals surface area contributed by atoms with Crippen LogP contribution in [-0.2, 0) is 9.59 Å². The second-order valence-electron chi connectivity index (χ2n) is 4.81. The number of carbonyl (C=O) groups is 2. The maximum absolute atomic E-state index is 10.5. The molecule has 0 aromatic rings. The van der Waals surface area contributed by atoms with Crippen LogP contribution in [0, 0.1) is 11.8 Å². The molecule has 2 unspecified atom stereocenters. The molecule has 102 valence electrons. The molecule has 0 aliphatic heterocycles. The van der Waals surface area contributed by atoms with E-state index in [0.717, 1.165) is 12.8 Å². The molecule has 0 N–H and O–H groups in total. The van der Waals surface area contributed by atoms with Crippen molar-refractivity contribution in [1.82, 2.24) is 0 Å². The summed E-state index contributed by atoms with van der Waals surface area (Å²) < 4.78 is 0. The average molecular weight is 252 g/mol. The van der Waals surface area contributed by atoms with E-state index in [4.69, 9.17) is 0 Å². The molecule has 0 bridgehead atoms. The fourth-order valence-corrected chi connectivity index (χ4v) is 1.68. The van der Waals surface area contributed by atoms with Gasteiger partial charge in [0.25, 0.3) is 0 Å². The van der Waals surface area contributed by atoms with Crippen molar-refractivity contribution in [3.63, 3.8) is 0 Å². The topological polar surface area (TPSA) is 80.3 Å². The Morgan fingerprint density at radius 2 is 1.17 bits per heavy atom. The van der Waals surface area contributed by atoms with E-state index in [1.54, 1.807) is 12.2 Å². The number of hydrogen-bond acceptors (Lipinski definition) is 4. The fourth-order valence-electron chi connectivity index (χ4n) is 1.68. The van der Waals surface area contributed by atoms with E-state index >= 15 is 0 Å². The molecular formula is C14H20O4-2. The first-order valence-corrected chi connectivity index (χ1v) is 6.03. The van der Waals surface area contributed by atoms with Crippen molar-refractivity contribution in [2.24, 2.45) is 11.8 Å². The van der Waals surface area contributed by atoms with E-state index in [2.05, 4.69) is 0 Å². The molecule has 0 radical (unpaired) electrons. The molecule has 0 rings (SSSR count). The lowest BCUT2D eigenvalue weighted by Crippen LogP contribution is -2.23. The molecule has 0 aromatic heterocycles. The zero-order chi connectivity index (χ0) is 14.3. The largest absolute Gasteiger partial charge is 0.545 e. The van der Waals surface area contributed by atoms with Crippen LogP contribution in [0.4, 0.5) is 0 Å². The minimum atomic E-state index is -1.15. The quantitative estimate of drug-likeness (QED) is 0.615. The van der Waals surface area contributed by atoms with E-state index in [-0.39, 0.29) is 23.0 Å². The Balaban J connectivity index is 4.26. The van der Waals surface area contributed by atoms with Crippen LogP contribution >= 0.6 is 0 Å². The van der Waals surface area contributed by atoms with Crippen LogP contribution in [0.25, 0.3) is 0 Å². The number of rotatable bonds is 7. The molecule has 0 aliphatic rings. The van der Waals surface area contributed by atoms with Crippen LogP contribution in [0.1, 0.15) is 40.5 Å². The van der Waals surface area contributed by atoms with Crippen molar-refractivity contribution in [3.8, 4) is 0 Å². The number of hydrogen-bond donors (Lipinski definition) is 0. The minimum Gasteiger partial charge on any atom is -0.545 e. The zero-order valence-electron chi connectivity index (χ0n) is 11.4. The van der Waals surface area contributed by atoms with E-state index in [9.17, 15) is 19.8 Å². The van der Waals surface area contributed by atoms with Gasteiger partial charge in [0.1, 0.15) is 0 Å². The highest BCUT2D eigenvalue weighted by molar-refractivity contribution is 5.84. The van der Waals surface area contributed by atoms with Crippen LogP contribution in [0.2, 0.25) is 0 Å². The highest BCUT2D eigenvalue weighted by Gasteiger charge is 2.04. The lowest BCUT2D eigenvalue weighted by Gasteiger charge is -2.13. The first kappa shape index (κ1) is 16.4. The lowest BCUT2D eigenvalue weighted by molar-refractivity contribution is -0.300. The molecule has 0 aliphatic carbocycles. The first-order valence-electron chi connectivity index (χ1n) is 6.03. The highest BCUT2D eigenvalue weighted by Crippen LogP contribution is 2.16. The minimum absolute atomic E-state index is 0.127. The normalized spacial score (nSPS) is 16.2. The van der Waals surface area contributed by atoms with Crippen LogP contribution in [0.5, 0.6) is 0 Å². The van der Waals surface area contributed by atoms with E-state index in [1.807, 2.05) is 13.8 Å². The van der Waals surface area contributed by atoms with E-state index < -0.39 is 11.9 Å². The summed E-state index contributed by atoms with van der Waals surface area (Å²) in [6, 6.07) is 0. The number of carboxylic acid groups (broad SMARTS) is 2. The Labute approximate surface area is 108 Å². The molecule has 4 heteroatoms. The maximum atomic E-state index is 10.5. The van der Waals surface area contributed by atoms with Crippen molar-refractivity contribution >= 4 is 11.9 Å². The summed E-state index contributed by atoms with van der Waals surface area (Å²) in [4.78, 5) is 21.1. The Kier molecular flexibility index (Phi) is 7.01. The summed E-state index contributed by atoms with van der Waals surface area (Å²) in [5.41, 5.74) is 0.466. The third-order valence-electron chi connectivity index (χ3n) is 2.79. The van der Waals surface area contributed by atoms with Gasteiger partial charge in [-0.25, -0.2) is 0 Å². The summed E-state index contributed by atoms with van der Waals surface area (Å²) >= 11 is 0. The molecule has 0 saturated carbocycles. The maximum Gasteiger partial charge on any atom is 0.0668 e. The van der Waals surface area contributed by atoms with Crippen molar-refractivity contribution in [2.75, 3.05) is 0 Å². The number of aliphatic carboxylic acids is 2. The lowest BCUT2D eigenvalue weighted by atomic mass is 9.95. The van der Waals surface area contributed by atoms with Gasteiger partial charge in [0.15, 0.2) is 0 Å². The van der Waals surface area contributed by atoms with E-state index in [0.29, 0.717) is 0 Å². The molecule has 0 heterocycles. The summed E-state index contributed by atoms with van der Waals surface area (Å²) in [5.74, 6) is -2.05. The molecule has 0 fully saturated rings. The van der Waals surface area contributed by atoms with Gasteiger partial charge in [-0.2, -0.15) is 0 Å². The monoisotopic (exact) mass is 252 g/mol. The van der Waals surface area contributed by atoms with Crippen molar-refractivity contribution in [1.29, 1.82) is 0 Å².